The van der Waals surface area contributed by atoms with Crippen molar-refractivity contribution < 1.29 is 38.8 Å². The maximum atomic E-state index is 12.4. The fraction of sp³-hybridized carbons (Fsp3) is 0.438. The van der Waals surface area contributed by atoms with Crippen molar-refractivity contribution in [3.8, 4) is 5.75 Å². The lowest BCUT2D eigenvalue weighted by Gasteiger charge is -2.33. The lowest BCUT2D eigenvalue weighted by Crippen LogP contribution is -2.54. The highest BCUT2D eigenvalue weighted by atomic mass is 16.6. The molecule has 2 N–H and O–H groups in total. The van der Waals surface area contributed by atoms with Gasteiger partial charge in [0.2, 0.25) is 0 Å². The molecule has 0 saturated carbocycles. The monoisotopic (exact) mass is 353 g/mol. The molecule has 0 aliphatic carbocycles. The number of ether oxygens (including phenoxy) is 3. The summed E-state index contributed by atoms with van der Waals surface area (Å²) in [7, 11) is 0. The number of morpholine rings is 1. The van der Waals surface area contributed by atoms with Gasteiger partial charge in [-0.2, -0.15) is 0 Å². The summed E-state index contributed by atoms with van der Waals surface area (Å²) in [6.45, 7) is 1.94. The average Bonchev–Trinajstić information content (AvgIpc) is 2.60. The Morgan fingerprint density at radius 1 is 1.44 bits per heavy atom. The Morgan fingerprint density at radius 3 is 2.88 bits per heavy atom. The average molecular weight is 353 g/mol. The molecule has 0 radical (unpaired) electrons. The van der Waals surface area contributed by atoms with Gasteiger partial charge in [0.15, 0.2) is 18.8 Å². The highest BCUT2D eigenvalue weighted by Crippen LogP contribution is 2.24. The summed E-state index contributed by atoms with van der Waals surface area (Å²) < 4.78 is 15.2. The van der Waals surface area contributed by atoms with Crippen LogP contribution in [0.2, 0.25) is 0 Å². The van der Waals surface area contributed by atoms with E-state index in [1.54, 1.807) is 25.1 Å². The molecular weight excluding hydrogens is 334 g/mol. The molecule has 0 aromatic heterocycles. The number of amides is 1. The van der Waals surface area contributed by atoms with Crippen molar-refractivity contribution in [2.24, 2.45) is 0 Å². The molecule has 1 aliphatic heterocycles. The molecule has 0 spiro atoms. The third-order valence-electron chi connectivity index (χ3n) is 3.45. The van der Waals surface area contributed by atoms with Crippen LogP contribution in [0.3, 0.4) is 0 Å². The topological polar surface area (TPSA) is 123 Å². The Labute approximate surface area is 143 Å². The normalized spacial score (nSPS) is 18.6. The maximum Gasteiger partial charge on any atom is 0.344 e. The van der Waals surface area contributed by atoms with Crippen molar-refractivity contribution in [3.63, 3.8) is 0 Å². The van der Waals surface area contributed by atoms with E-state index in [0.717, 1.165) is 0 Å². The molecule has 2 rings (SSSR count). The number of esters is 1. The van der Waals surface area contributed by atoms with Crippen LogP contribution in [0.15, 0.2) is 24.3 Å². The van der Waals surface area contributed by atoms with Gasteiger partial charge in [0, 0.05) is 18.3 Å². The standard InChI is InChI=1S/C16H19NO8/c1-2-23-12(18)9-25-11-5-3-4-10(8-11)17-6-7-24-14(15(17)20)13(19)16(21)22/h3-5,8,13-14,19H,2,6-7,9H2,1H3,(H,21,22)/t13?,14-/m1/s1. The van der Waals surface area contributed by atoms with Crippen molar-refractivity contribution in [2.45, 2.75) is 19.1 Å². The summed E-state index contributed by atoms with van der Waals surface area (Å²) in [5.41, 5.74) is 0.442. The Hall–Kier alpha value is -2.65. The number of carbonyl (C=O) groups excluding carboxylic acids is 2. The number of nitrogens with zero attached hydrogens (tertiary/aromatic N) is 1. The molecule has 1 heterocycles. The Bertz CT molecular complexity index is 647. The molecule has 1 aromatic rings. The summed E-state index contributed by atoms with van der Waals surface area (Å²) >= 11 is 0. The predicted molar refractivity (Wildman–Crippen MR) is 84.3 cm³/mol. The van der Waals surface area contributed by atoms with Crippen molar-refractivity contribution in [2.75, 3.05) is 31.3 Å². The second kappa shape index (κ2) is 8.45. The highest BCUT2D eigenvalue weighted by molar-refractivity contribution is 6.00. The third-order valence-corrected chi connectivity index (χ3v) is 3.45. The molecule has 1 saturated heterocycles. The number of carboxylic acid groups (broad SMARTS) is 1. The molecule has 25 heavy (non-hydrogen) atoms. The maximum absolute atomic E-state index is 12.4. The molecule has 9 heteroatoms. The molecule has 1 unspecified atom stereocenters. The second-order valence-electron chi connectivity index (χ2n) is 5.16. The van der Waals surface area contributed by atoms with Crippen LogP contribution >= 0.6 is 0 Å². The van der Waals surface area contributed by atoms with Crippen LogP contribution in [0.25, 0.3) is 0 Å². The summed E-state index contributed by atoms with van der Waals surface area (Å²) in [4.78, 5) is 35.9. The summed E-state index contributed by atoms with van der Waals surface area (Å²) in [5, 5.41) is 18.4. The molecule has 1 aliphatic rings. The summed E-state index contributed by atoms with van der Waals surface area (Å²) in [6.07, 6.45) is -3.42. The van der Waals surface area contributed by atoms with E-state index in [0.29, 0.717) is 11.4 Å². The highest BCUT2D eigenvalue weighted by Gasteiger charge is 2.39. The van der Waals surface area contributed by atoms with Gasteiger partial charge in [-0.15, -0.1) is 0 Å². The third kappa shape index (κ3) is 4.68. The largest absolute Gasteiger partial charge is 0.482 e. The van der Waals surface area contributed by atoms with Gasteiger partial charge in [0.05, 0.1) is 13.2 Å². The van der Waals surface area contributed by atoms with Gasteiger partial charge in [-0.3, -0.25) is 4.79 Å². The summed E-state index contributed by atoms with van der Waals surface area (Å²) in [5.74, 6) is -2.37. The van der Waals surface area contributed by atoms with Crippen molar-refractivity contribution >= 4 is 23.5 Å². The van der Waals surface area contributed by atoms with Gasteiger partial charge in [-0.25, -0.2) is 9.59 Å². The first kappa shape index (κ1) is 18.7. The van der Waals surface area contributed by atoms with Crippen molar-refractivity contribution in [3.05, 3.63) is 24.3 Å². The van der Waals surface area contributed by atoms with E-state index in [1.165, 1.54) is 11.0 Å². The first-order valence-electron chi connectivity index (χ1n) is 7.66. The minimum atomic E-state index is -1.95. The quantitative estimate of drug-likeness (QED) is 0.647. The molecule has 2 atom stereocenters. The van der Waals surface area contributed by atoms with E-state index in [9.17, 15) is 19.5 Å². The van der Waals surface area contributed by atoms with E-state index in [2.05, 4.69) is 0 Å². The van der Waals surface area contributed by atoms with Crippen LogP contribution in [0.5, 0.6) is 5.75 Å². The van der Waals surface area contributed by atoms with Crippen LogP contribution in [0, 0.1) is 0 Å². The number of benzene rings is 1. The number of anilines is 1. The number of carboxylic acids is 1. The van der Waals surface area contributed by atoms with Gasteiger partial charge in [-0.1, -0.05) is 6.07 Å². The number of aliphatic carboxylic acids is 1. The van der Waals surface area contributed by atoms with Crippen LogP contribution in [-0.4, -0.2) is 66.6 Å². The first-order chi connectivity index (χ1) is 11.9. The Balaban J connectivity index is 2.09. The SMILES string of the molecule is CCOC(=O)COc1cccc(N2CCO[C@H](C(O)C(=O)O)C2=O)c1. The first-order valence-corrected chi connectivity index (χ1v) is 7.66. The molecule has 1 aromatic carbocycles. The number of aliphatic hydroxyl groups excluding tert-OH is 1. The van der Waals surface area contributed by atoms with Crippen molar-refractivity contribution in [1.29, 1.82) is 0 Å². The fourth-order valence-electron chi connectivity index (χ4n) is 2.30. The van der Waals surface area contributed by atoms with E-state index in [1.807, 2.05) is 0 Å². The number of aliphatic hydroxyl groups is 1. The minimum Gasteiger partial charge on any atom is -0.482 e. The van der Waals surface area contributed by atoms with Gasteiger partial charge >= 0.3 is 11.9 Å². The van der Waals surface area contributed by atoms with E-state index < -0.39 is 30.1 Å². The smallest absolute Gasteiger partial charge is 0.344 e. The zero-order chi connectivity index (χ0) is 18.4. The zero-order valence-corrected chi connectivity index (χ0v) is 13.6. The lowest BCUT2D eigenvalue weighted by atomic mass is 10.1. The Morgan fingerprint density at radius 2 is 2.20 bits per heavy atom. The molecule has 1 fully saturated rings. The van der Waals surface area contributed by atoms with Gasteiger partial charge in [-0.05, 0) is 19.1 Å². The second-order valence-corrected chi connectivity index (χ2v) is 5.16. The number of rotatable bonds is 7. The molecule has 9 nitrogen and oxygen atoms in total. The molecular formula is C16H19NO8. The number of carbonyl (C=O) groups is 3. The van der Waals surface area contributed by atoms with E-state index >= 15 is 0 Å². The fourth-order valence-corrected chi connectivity index (χ4v) is 2.30. The summed E-state index contributed by atoms with van der Waals surface area (Å²) in [6, 6.07) is 6.40. The van der Waals surface area contributed by atoms with Crippen LogP contribution in [-0.2, 0) is 23.9 Å². The van der Waals surface area contributed by atoms with Gasteiger partial charge < -0.3 is 29.3 Å². The van der Waals surface area contributed by atoms with E-state index in [-0.39, 0.29) is 26.4 Å². The number of hydrogen-bond acceptors (Lipinski definition) is 7. The minimum absolute atomic E-state index is 0.0780. The van der Waals surface area contributed by atoms with Crippen LogP contribution in [0.1, 0.15) is 6.92 Å². The predicted octanol–water partition coefficient (Wildman–Crippen LogP) is -0.194. The van der Waals surface area contributed by atoms with Crippen LogP contribution < -0.4 is 9.64 Å². The molecule has 136 valence electrons. The van der Waals surface area contributed by atoms with E-state index in [4.69, 9.17) is 19.3 Å². The zero-order valence-electron chi connectivity index (χ0n) is 13.6. The lowest BCUT2D eigenvalue weighted by molar-refractivity contribution is -0.163. The number of hydrogen-bond donors (Lipinski definition) is 2. The molecule has 1 amide bonds. The van der Waals surface area contributed by atoms with Crippen molar-refractivity contribution in [1.82, 2.24) is 0 Å². The van der Waals surface area contributed by atoms with Gasteiger partial charge in [0.25, 0.3) is 5.91 Å². The Kier molecular flexibility index (Phi) is 6.31. The molecule has 0 bridgehead atoms. The van der Waals surface area contributed by atoms with Crippen LogP contribution in [0.4, 0.5) is 5.69 Å². The van der Waals surface area contributed by atoms with Gasteiger partial charge in [0.1, 0.15) is 5.75 Å².